The summed E-state index contributed by atoms with van der Waals surface area (Å²) in [5, 5.41) is 12.3. The number of rotatable bonds is 13. The number of aromatic nitrogens is 1. The van der Waals surface area contributed by atoms with Crippen molar-refractivity contribution in [3.05, 3.63) is 82.6 Å². The molecule has 1 heterocycles. The van der Waals surface area contributed by atoms with Crippen LogP contribution in [-0.2, 0) is 14.8 Å². The largest absolute Gasteiger partial charge is 0.481 e. The fourth-order valence-electron chi connectivity index (χ4n) is 4.28. The Labute approximate surface area is 224 Å². The van der Waals surface area contributed by atoms with Gasteiger partial charge < -0.3 is 10.4 Å². The van der Waals surface area contributed by atoms with Crippen LogP contribution >= 0.6 is 11.6 Å². The van der Waals surface area contributed by atoms with E-state index in [1.165, 1.54) is 0 Å². The van der Waals surface area contributed by atoms with E-state index in [0.29, 0.717) is 43.1 Å². The van der Waals surface area contributed by atoms with Gasteiger partial charge in [-0.25, -0.2) is 8.42 Å². The number of aryl methyl sites for hydroxylation is 1. The van der Waals surface area contributed by atoms with Crippen LogP contribution in [0.1, 0.15) is 48.9 Å². The summed E-state index contributed by atoms with van der Waals surface area (Å²) in [6.45, 7) is 6.94. The maximum absolute atomic E-state index is 13.9. The third-order valence-corrected chi connectivity index (χ3v) is 8.96. The molecule has 7 nitrogen and oxygen atoms in total. The number of benzene rings is 2. The molecule has 9 heteroatoms. The van der Waals surface area contributed by atoms with E-state index in [1.54, 1.807) is 35.6 Å². The molecule has 0 radical (unpaired) electrons. The van der Waals surface area contributed by atoms with Gasteiger partial charge in [-0.2, -0.15) is 4.31 Å². The summed E-state index contributed by atoms with van der Waals surface area (Å²) in [6.07, 6.45) is 4.95. The van der Waals surface area contributed by atoms with E-state index >= 15 is 0 Å². The van der Waals surface area contributed by atoms with Gasteiger partial charge in [0.05, 0.1) is 11.3 Å². The van der Waals surface area contributed by atoms with E-state index in [0.717, 1.165) is 22.3 Å². The van der Waals surface area contributed by atoms with E-state index in [9.17, 15) is 13.2 Å². The van der Waals surface area contributed by atoms with Gasteiger partial charge in [-0.3, -0.25) is 9.78 Å². The van der Waals surface area contributed by atoms with Crippen molar-refractivity contribution in [2.24, 2.45) is 0 Å². The number of sulfonamides is 1. The van der Waals surface area contributed by atoms with Crippen molar-refractivity contribution < 1.29 is 18.3 Å². The van der Waals surface area contributed by atoms with Crippen LogP contribution in [0.2, 0.25) is 5.02 Å². The lowest BCUT2D eigenvalue weighted by Crippen LogP contribution is -2.35. The van der Waals surface area contributed by atoms with Crippen LogP contribution in [0.4, 0.5) is 0 Å². The SMILES string of the molecule is Cc1cnccc1-c1cccc(C(C)N(CCCCNCCC(=O)O)S(=O)(=O)c2cccc(Cl)c2C)c1. The van der Waals surface area contributed by atoms with Crippen LogP contribution < -0.4 is 5.32 Å². The summed E-state index contributed by atoms with van der Waals surface area (Å²) in [6, 6.07) is 14.4. The number of nitrogens with one attached hydrogen (secondary N) is 1. The van der Waals surface area contributed by atoms with Crippen molar-refractivity contribution in [3.63, 3.8) is 0 Å². The molecule has 1 atom stereocenters. The lowest BCUT2D eigenvalue weighted by atomic mass is 9.98. The molecule has 0 aliphatic carbocycles. The molecule has 0 bridgehead atoms. The maximum atomic E-state index is 13.9. The number of hydrogen-bond acceptors (Lipinski definition) is 5. The quantitative estimate of drug-likeness (QED) is 0.272. The van der Waals surface area contributed by atoms with Crippen LogP contribution in [0.15, 0.2) is 65.8 Å². The highest BCUT2D eigenvalue weighted by molar-refractivity contribution is 7.89. The second-order valence-electron chi connectivity index (χ2n) is 9.07. The number of nitrogens with zero attached hydrogens (tertiary/aromatic N) is 2. The number of carboxylic acids is 1. The number of unbranched alkanes of at least 4 members (excludes halogenated alkanes) is 1. The van der Waals surface area contributed by atoms with Gasteiger partial charge in [0.25, 0.3) is 0 Å². The average Bonchev–Trinajstić information content (AvgIpc) is 2.87. The summed E-state index contributed by atoms with van der Waals surface area (Å²) >= 11 is 6.28. The van der Waals surface area contributed by atoms with Gasteiger partial charge in [-0.15, -0.1) is 0 Å². The number of hydrogen-bond donors (Lipinski definition) is 2. The standard InChI is InChI=1S/C28H34ClN3O4S/c1-20-19-31-15-12-25(20)24-9-6-8-23(18-24)22(3)32(17-5-4-14-30-16-13-28(33)34)37(35,36)27-11-7-10-26(29)21(27)2/h6-12,15,18-19,22,30H,4-5,13-14,16-17H2,1-3H3,(H,33,34). The Kier molecular flexibility index (Phi) is 10.2. The minimum absolute atomic E-state index is 0.0544. The number of carbonyl (C=O) groups is 1. The lowest BCUT2D eigenvalue weighted by molar-refractivity contribution is -0.136. The third kappa shape index (κ3) is 7.38. The first-order valence-electron chi connectivity index (χ1n) is 12.3. The second-order valence-corrected chi connectivity index (χ2v) is 11.3. The summed E-state index contributed by atoms with van der Waals surface area (Å²) in [5.41, 5.74) is 4.51. The van der Waals surface area contributed by atoms with Crippen molar-refractivity contribution in [2.75, 3.05) is 19.6 Å². The first kappa shape index (κ1) is 28.8. The van der Waals surface area contributed by atoms with Crippen LogP contribution in [0.5, 0.6) is 0 Å². The molecule has 37 heavy (non-hydrogen) atoms. The Hall–Kier alpha value is -2.78. The zero-order valence-corrected chi connectivity index (χ0v) is 23.0. The molecule has 2 N–H and O–H groups in total. The summed E-state index contributed by atoms with van der Waals surface area (Å²) in [4.78, 5) is 15.1. The van der Waals surface area contributed by atoms with Gasteiger partial charge in [0.1, 0.15) is 0 Å². The van der Waals surface area contributed by atoms with Crippen molar-refractivity contribution >= 4 is 27.6 Å². The van der Waals surface area contributed by atoms with Gasteiger partial charge >= 0.3 is 5.97 Å². The molecule has 198 valence electrons. The topological polar surface area (TPSA) is 99.6 Å². The number of aliphatic carboxylic acids is 1. The Morgan fingerprint density at radius 3 is 2.59 bits per heavy atom. The molecule has 0 aliphatic rings. The van der Waals surface area contributed by atoms with Gasteiger partial charge in [-0.1, -0.05) is 35.9 Å². The Bertz CT molecular complexity index is 1330. The Morgan fingerprint density at radius 1 is 1.11 bits per heavy atom. The van der Waals surface area contributed by atoms with Gasteiger partial charge in [0.2, 0.25) is 10.0 Å². The highest BCUT2D eigenvalue weighted by atomic mass is 35.5. The number of halogens is 1. The average molecular weight is 544 g/mol. The molecule has 3 aromatic rings. The van der Waals surface area contributed by atoms with Crippen molar-refractivity contribution in [1.29, 1.82) is 0 Å². The van der Waals surface area contributed by atoms with E-state index in [1.807, 2.05) is 50.4 Å². The second kappa shape index (κ2) is 13.1. The van der Waals surface area contributed by atoms with Crippen LogP contribution in [-0.4, -0.2) is 48.4 Å². The normalized spacial score (nSPS) is 12.6. The molecule has 1 unspecified atom stereocenters. The molecule has 1 aromatic heterocycles. The smallest absolute Gasteiger partial charge is 0.304 e. The van der Waals surface area contributed by atoms with E-state index in [4.69, 9.17) is 16.7 Å². The van der Waals surface area contributed by atoms with Crippen LogP contribution in [0, 0.1) is 13.8 Å². The molecule has 0 saturated carbocycles. The summed E-state index contributed by atoms with van der Waals surface area (Å²) in [7, 11) is -3.86. The highest BCUT2D eigenvalue weighted by Crippen LogP contribution is 2.33. The molecule has 2 aromatic carbocycles. The van der Waals surface area contributed by atoms with E-state index in [2.05, 4.69) is 10.3 Å². The fourth-order valence-corrected chi connectivity index (χ4v) is 6.42. The molecule has 3 rings (SSSR count). The highest BCUT2D eigenvalue weighted by Gasteiger charge is 2.31. The molecular weight excluding hydrogens is 510 g/mol. The molecule has 0 fully saturated rings. The zero-order chi connectivity index (χ0) is 27.0. The van der Waals surface area contributed by atoms with Crippen LogP contribution in [0.25, 0.3) is 11.1 Å². The number of carboxylic acid groups (broad SMARTS) is 1. The van der Waals surface area contributed by atoms with Gasteiger partial charge in [-0.05, 0) is 92.2 Å². The Morgan fingerprint density at radius 2 is 1.86 bits per heavy atom. The predicted octanol–water partition coefficient (Wildman–Crippen LogP) is 5.62. The molecule has 0 spiro atoms. The predicted molar refractivity (Wildman–Crippen MR) is 147 cm³/mol. The monoisotopic (exact) mass is 543 g/mol. The van der Waals surface area contributed by atoms with Gasteiger partial charge in [0, 0.05) is 36.5 Å². The summed E-state index contributed by atoms with van der Waals surface area (Å²) < 4.78 is 29.4. The number of pyridine rings is 1. The van der Waals surface area contributed by atoms with E-state index in [-0.39, 0.29) is 11.3 Å². The maximum Gasteiger partial charge on any atom is 0.304 e. The molecule has 0 saturated heterocycles. The zero-order valence-electron chi connectivity index (χ0n) is 21.4. The minimum atomic E-state index is -3.86. The van der Waals surface area contributed by atoms with Crippen molar-refractivity contribution in [2.45, 2.75) is 51.0 Å². The van der Waals surface area contributed by atoms with Crippen molar-refractivity contribution in [1.82, 2.24) is 14.6 Å². The molecule has 0 amide bonds. The minimum Gasteiger partial charge on any atom is -0.481 e. The lowest BCUT2D eigenvalue weighted by Gasteiger charge is -2.30. The van der Waals surface area contributed by atoms with Crippen LogP contribution in [0.3, 0.4) is 0 Å². The summed E-state index contributed by atoms with van der Waals surface area (Å²) in [5.74, 6) is -0.848. The third-order valence-electron chi connectivity index (χ3n) is 6.43. The van der Waals surface area contributed by atoms with Crippen molar-refractivity contribution in [3.8, 4) is 11.1 Å². The molecule has 0 aliphatic heterocycles. The van der Waals surface area contributed by atoms with E-state index < -0.39 is 22.0 Å². The molecular formula is C28H34ClN3O4S. The van der Waals surface area contributed by atoms with Gasteiger partial charge in [0.15, 0.2) is 0 Å². The fraction of sp³-hybridized carbons (Fsp3) is 0.357. The first-order chi connectivity index (χ1) is 17.6. The Balaban J connectivity index is 1.88. The first-order valence-corrected chi connectivity index (χ1v) is 14.1.